The fraction of sp³-hybridized carbons (Fsp3) is 0.588. The molecule has 1 aromatic carbocycles. The molecule has 0 saturated heterocycles. The van der Waals surface area contributed by atoms with Crippen molar-refractivity contribution in [3.63, 3.8) is 0 Å². The van der Waals surface area contributed by atoms with Crippen molar-refractivity contribution in [2.24, 2.45) is 5.41 Å². The summed E-state index contributed by atoms with van der Waals surface area (Å²) >= 11 is 0. The van der Waals surface area contributed by atoms with Crippen LogP contribution in [0.5, 0.6) is 0 Å². The highest BCUT2D eigenvalue weighted by molar-refractivity contribution is 5.94. The first-order chi connectivity index (χ1) is 9.46. The molecule has 110 valence electrons. The van der Waals surface area contributed by atoms with E-state index in [1.165, 1.54) is 19.3 Å². The van der Waals surface area contributed by atoms with Crippen LogP contribution in [0.3, 0.4) is 0 Å². The second kappa shape index (κ2) is 6.40. The van der Waals surface area contributed by atoms with E-state index in [4.69, 9.17) is 0 Å². The number of amides is 1. The summed E-state index contributed by atoms with van der Waals surface area (Å²) in [6.45, 7) is 6.57. The highest BCUT2D eigenvalue weighted by atomic mass is 16.2. The molecular formula is C17H26N2O. The molecule has 0 aliphatic heterocycles. The third-order valence-corrected chi connectivity index (χ3v) is 4.13. The Morgan fingerprint density at radius 3 is 2.65 bits per heavy atom. The summed E-state index contributed by atoms with van der Waals surface area (Å²) in [7, 11) is 0. The zero-order chi connectivity index (χ0) is 14.6. The van der Waals surface area contributed by atoms with Crippen LogP contribution in [0, 0.1) is 5.41 Å². The number of anilines is 1. The normalized spacial score (nSPS) is 23.1. The molecule has 1 amide bonds. The highest BCUT2D eigenvalue weighted by Crippen LogP contribution is 2.35. The van der Waals surface area contributed by atoms with Gasteiger partial charge in [-0.1, -0.05) is 38.5 Å². The Hall–Kier alpha value is -1.35. The lowest BCUT2D eigenvalue weighted by Crippen LogP contribution is -2.46. The van der Waals surface area contributed by atoms with Gasteiger partial charge in [0.25, 0.3) is 0 Å². The van der Waals surface area contributed by atoms with Crippen molar-refractivity contribution in [1.82, 2.24) is 5.32 Å². The number of carbonyl (C=O) groups excluding carboxylic acids is 1. The lowest BCUT2D eigenvalue weighted by atomic mass is 9.75. The minimum atomic E-state index is -0.158. The summed E-state index contributed by atoms with van der Waals surface area (Å²) in [6.07, 6.45) is 4.86. The molecule has 1 saturated carbocycles. The van der Waals surface area contributed by atoms with E-state index >= 15 is 0 Å². The predicted molar refractivity (Wildman–Crippen MR) is 83.7 cm³/mol. The van der Waals surface area contributed by atoms with Crippen LogP contribution in [-0.2, 0) is 4.79 Å². The molecule has 3 heteroatoms. The third-order valence-electron chi connectivity index (χ3n) is 4.13. The largest absolute Gasteiger partial charge is 0.325 e. The Morgan fingerprint density at radius 1 is 1.30 bits per heavy atom. The lowest BCUT2D eigenvalue weighted by molar-refractivity contribution is -0.118. The summed E-state index contributed by atoms with van der Waals surface area (Å²) in [5, 5.41) is 6.43. The average molecular weight is 274 g/mol. The number of benzene rings is 1. The molecule has 3 nitrogen and oxygen atoms in total. The molecule has 0 heterocycles. The third kappa shape index (κ3) is 4.34. The summed E-state index contributed by atoms with van der Waals surface area (Å²) in [4.78, 5) is 12.2. The molecule has 1 aromatic rings. The number of para-hydroxylation sites is 1. The zero-order valence-corrected chi connectivity index (χ0v) is 12.8. The average Bonchev–Trinajstić information content (AvgIpc) is 2.38. The Labute approximate surface area is 122 Å². The molecule has 1 fully saturated rings. The molecule has 1 aliphatic rings. The van der Waals surface area contributed by atoms with Crippen molar-refractivity contribution >= 4 is 11.6 Å². The van der Waals surface area contributed by atoms with Crippen LogP contribution in [0.1, 0.15) is 46.5 Å². The maximum Gasteiger partial charge on any atom is 0.241 e. The van der Waals surface area contributed by atoms with Crippen molar-refractivity contribution in [2.75, 3.05) is 5.32 Å². The van der Waals surface area contributed by atoms with E-state index in [0.29, 0.717) is 11.5 Å². The van der Waals surface area contributed by atoms with Crippen molar-refractivity contribution in [2.45, 2.75) is 58.5 Å². The van der Waals surface area contributed by atoms with Crippen molar-refractivity contribution in [1.29, 1.82) is 0 Å². The van der Waals surface area contributed by atoms with E-state index in [-0.39, 0.29) is 11.9 Å². The van der Waals surface area contributed by atoms with E-state index in [0.717, 1.165) is 12.1 Å². The van der Waals surface area contributed by atoms with Gasteiger partial charge in [-0.2, -0.15) is 0 Å². The van der Waals surface area contributed by atoms with Gasteiger partial charge in [-0.15, -0.1) is 0 Å². The first kappa shape index (κ1) is 15.0. The number of hydrogen-bond donors (Lipinski definition) is 2. The van der Waals surface area contributed by atoms with Crippen LogP contribution in [0.2, 0.25) is 0 Å². The first-order valence-electron chi connectivity index (χ1n) is 7.58. The van der Waals surface area contributed by atoms with E-state index < -0.39 is 0 Å². The minimum absolute atomic E-state index is 0.0413. The molecule has 2 N–H and O–H groups in total. The molecule has 1 aliphatic carbocycles. The molecule has 0 spiro atoms. The molecule has 0 aromatic heterocycles. The summed E-state index contributed by atoms with van der Waals surface area (Å²) < 4.78 is 0. The maximum absolute atomic E-state index is 12.2. The van der Waals surface area contributed by atoms with Crippen LogP contribution >= 0.6 is 0 Å². The van der Waals surface area contributed by atoms with Gasteiger partial charge < -0.3 is 10.6 Å². The van der Waals surface area contributed by atoms with Crippen LogP contribution in [0.4, 0.5) is 5.69 Å². The van der Waals surface area contributed by atoms with Crippen LogP contribution in [0.15, 0.2) is 30.3 Å². The van der Waals surface area contributed by atoms with Gasteiger partial charge in [0.05, 0.1) is 6.04 Å². The molecular weight excluding hydrogens is 248 g/mol. The fourth-order valence-electron chi connectivity index (χ4n) is 3.04. The predicted octanol–water partition coefficient (Wildman–Crippen LogP) is 3.57. The van der Waals surface area contributed by atoms with Crippen molar-refractivity contribution < 1.29 is 4.79 Å². The smallest absolute Gasteiger partial charge is 0.241 e. The SMILES string of the molecule is CC(NC1CCCC(C)(C)C1)C(=O)Nc1ccccc1. The van der Waals surface area contributed by atoms with Gasteiger partial charge in [-0.3, -0.25) is 4.79 Å². The number of rotatable bonds is 4. The summed E-state index contributed by atoms with van der Waals surface area (Å²) in [5.41, 5.74) is 1.25. The molecule has 2 unspecified atom stereocenters. The Bertz CT molecular complexity index is 442. The van der Waals surface area contributed by atoms with Gasteiger partial charge in [0.1, 0.15) is 0 Å². The van der Waals surface area contributed by atoms with E-state index in [2.05, 4.69) is 24.5 Å². The monoisotopic (exact) mass is 274 g/mol. The van der Waals surface area contributed by atoms with Crippen molar-refractivity contribution in [3.05, 3.63) is 30.3 Å². The number of nitrogens with one attached hydrogen (secondary N) is 2. The Morgan fingerprint density at radius 2 is 2.00 bits per heavy atom. The molecule has 0 radical (unpaired) electrons. The zero-order valence-electron chi connectivity index (χ0n) is 12.8. The van der Waals surface area contributed by atoms with E-state index in [9.17, 15) is 4.79 Å². The maximum atomic E-state index is 12.2. The molecule has 2 rings (SSSR count). The number of carbonyl (C=O) groups is 1. The second-order valence-electron chi connectivity index (χ2n) is 6.70. The summed E-state index contributed by atoms with van der Waals surface area (Å²) in [5.74, 6) is 0.0413. The fourth-order valence-corrected chi connectivity index (χ4v) is 3.04. The van der Waals surface area contributed by atoms with Gasteiger partial charge >= 0.3 is 0 Å². The lowest BCUT2D eigenvalue weighted by Gasteiger charge is -2.36. The summed E-state index contributed by atoms with van der Waals surface area (Å²) in [6, 6.07) is 9.92. The highest BCUT2D eigenvalue weighted by Gasteiger charge is 2.29. The molecule has 0 bridgehead atoms. The molecule has 20 heavy (non-hydrogen) atoms. The quantitative estimate of drug-likeness (QED) is 0.881. The van der Waals surface area contributed by atoms with Gasteiger partial charge in [0.2, 0.25) is 5.91 Å². The van der Waals surface area contributed by atoms with Gasteiger partial charge in [0, 0.05) is 11.7 Å². The standard InChI is InChI=1S/C17H26N2O/c1-13(16(20)19-14-8-5-4-6-9-14)18-15-10-7-11-17(2,3)12-15/h4-6,8-9,13,15,18H,7,10-12H2,1-3H3,(H,19,20). The van der Waals surface area contributed by atoms with Crippen LogP contribution < -0.4 is 10.6 Å². The van der Waals surface area contributed by atoms with Crippen LogP contribution in [-0.4, -0.2) is 18.0 Å². The van der Waals surface area contributed by atoms with Gasteiger partial charge in [0.15, 0.2) is 0 Å². The first-order valence-corrected chi connectivity index (χ1v) is 7.58. The minimum Gasteiger partial charge on any atom is -0.325 e. The Balaban J connectivity index is 1.85. The van der Waals surface area contributed by atoms with Gasteiger partial charge in [-0.25, -0.2) is 0 Å². The van der Waals surface area contributed by atoms with Gasteiger partial charge in [-0.05, 0) is 43.7 Å². The van der Waals surface area contributed by atoms with Crippen LogP contribution in [0.25, 0.3) is 0 Å². The molecule has 2 atom stereocenters. The second-order valence-corrected chi connectivity index (χ2v) is 6.70. The van der Waals surface area contributed by atoms with E-state index in [1.54, 1.807) is 0 Å². The number of hydrogen-bond acceptors (Lipinski definition) is 2. The van der Waals surface area contributed by atoms with Crippen molar-refractivity contribution in [3.8, 4) is 0 Å². The Kier molecular flexibility index (Phi) is 4.81. The van der Waals surface area contributed by atoms with E-state index in [1.807, 2.05) is 37.3 Å². The topological polar surface area (TPSA) is 41.1 Å².